The fraction of sp³-hybridized carbons (Fsp3) is 0.188. The number of anilines is 1. The molecule has 0 aliphatic carbocycles. The predicted octanol–water partition coefficient (Wildman–Crippen LogP) is 3.95. The molecule has 1 aliphatic rings. The van der Waals surface area contributed by atoms with Crippen LogP contribution in [0.2, 0.25) is 5.02 Å². The van der Waals surface area contributed by atoms with Crippen molar-refractivity contribution in [2.75, 3.05) is 5.32 Å². The molecule has 1 atom stereocenters. The Morgan fingerprint density at radius 1 is 1.42 bits per heavy atom. The zero-order chi connectivity index (χ0) is 17.4. The maximum absolute atomic E-state index is 12.4. The van der Waals surface area contributed by atoms with Gasteiger partial charge in [-0.25, -0.2) is 0 Å². The second-order valence-electron chi connectivity index (χ2n) is 5.29. The van der Waals surface area contributed by atoms with Crippen LogP contribution in [0.15, 0.2) is 29.3 Å². The van der Waals surface area contributed by atoms with Gasteiger partial charge in [0.2, 0.25) is 5.91 Å². The van der Waals surface area contributed by atoms with E-state index in [0.717, 1.165) is 19.6 Å². The largest absolute Gasteiger partial charge is 0.481 e. The third-order valence-electron chi connectivity index (χ3n) is 3.64. The zero-order valence-corrected chi connectivity index (χ0v) is 16.2. The quantitative estimate of drug-likeness (QED) is 0.661. The van der Waals surface area contributed by atoms with Gasteiger partial charge in [0.1, 0.15) is 11.0 Å². The van der Waals surface area contributed by atoms with E-state index in [1.807, 2.05) is 19.1 Å². The molecule has 0 radical (unpaired) electrons. The molecule has 1 aromatic heterocycles. The molecule has 124 valence electrons. The number of carboxylic acids is 1. The number of carbonyl (C=O) groups is 2. The van der Waals surface area contributed by atoms with E-state index in [0.29, 0.717) is 15.7 Å². The van der Waals surface area contributed by atoms with Crippen molar-refractivity contribution in [2.45, 2.75) is 19.4 Å². The number of carbonyl (C=O) groups excluding carboxylic acids is 1. The third kappa shape index (κ3) is 3.33. The van der Waals surface area contributed by atoms with Crippen molar-refractivity contribution in [1.29, 1.82) is 0 Å². The van der Waals surface area contributed by atoms with E-state index in [4.69, 9.17) is 16.7 Å². The van der Waals surface area contributed by atoms with E-state index in [9.17, 15) is 9.59 Å². The second-order valence-corrected chi connectivity index (χ2v) is 8.56. The maximum atomic E-state index is 12.4. The maximum Gasteiger partial charge on any atom is 0.306 e. The highest BCUT2D eigenvalue weighted by atomic mass is 127. The fourth-order valence-electron chi connectivity index (χ4n) is 2.46. The van der Waals surface area contributed by atoms with Gasteiger partial charge in [0.05, 0.1) is 15.0 Å². The van der Waals surface area contributed by atoms with E-state index in [1.165, 1.54) is 11.3 Å². The molecule has 2 N–H and O–H groups in total. The lowest BCUT2D eigenvalue weighted by atomic mass is 10.0. The predicted molar refractivity (Wildman–Crippen MR) is 104 cm³/mol. The summed E-state index contributed by atoms with van der Waals surface area (Å²) < 4.78 is 1.05. The lowest BCUT2D eigenvalue weighted by Gasteiger charge is -2.09. The van der Waals surface area contributed by atoms with Crippen molar-refractivity contribution in [2.24, 2.45) is 4.99 Å². The number of thiophene rings is 1. The Balaban J connectivity index is 2.20. The number of benzene rings is 1. The minimum atomic E-state index is -1.06. The molecule has 0 spiro atoms. The molecule has 1 amide bonds. The lowest BCUT2D eigenvalue weighted by molar-refractivity contribution is -0.138. The van der Waals surface area contributed by atoms with Gasteiger partial charge in [-0.05, 0) is 47.2 Å². The van der Waals surface area contributed by atoms with Crippen LogP contribution in [0.25, 0.3) is 0 Å². The van der Waals surface area contributed by atoms with Crippen molar-refractivity contribution < 1.29 is 14.7 Å². The molecule has 0 bridgehead atoms. The van der Waals surface area contributed by atoms with E-state index in [2.05, 4.69) is 32.9 Å². The highest BCUT2D eigenvalue weighted by Crippen LogP contribution is 2.37. The van der Waals surface area contributed by atoms with Crippen LogP contribution in [-0.2, 0) is 9.59 Å². The third-order valence-corrected chi connectivity index (χ3v) is 6.35. The normalized spacial score (nSPS) is 16.9. The van der Waals surface area contributed by atoms with Crippen LogP contribution in [0.1, 0.15) is 23.1 Å². The Hall–Kier alpha value is -1.45. The second kappa shape index (κ2) is 6.81. The van der Waals surface area contributed by atoms with Gasteiger partial charge in [-0.2, -0.15) is 0 Å². The van der Waals surface area contributed by atoms with Crippen molar-refractivity contribution >= 4 is 68.1 Å². The summed E-state index contributed by atoms with van der Waals surface area (Å²) in [6.45, 7) is 1.96. The summed E-state index contributed by atoms with van der Waals surface area (Å²) in [7, 11) is 0. The Labute approximate surface area is 160 Å². The Morgan fingerprint density at radius 3 is 2.71 bits per heavy atom. The molecule has 2 aromatic rings. The van der Waals surface area contributed by atoms with Gasteiger partial charge in [-0.15, -0.1) is 11.3 Å². The number of aliphatic imine (C=N–C) groups is 1. The summed E-state index contributed by atoms with van der Waals surface area (Å²) in [6, 6.07) is 6.17. The number of hydrogen-bond acceptors (Lipinski definition) is 4. The topological polar surface area (TPSA) is 78.8 Å². The van der Waals surface area contributed by atoms with Crippen LogP contribution in [0, 0.1) is 9.81 Å². The molecule has 1 aliphatic heterocycles. The molecule has 24 heavy (non-hydrogen) atoms. The minimum Gasteiger partial charge on any atom is -0.481 e. The fourth-order valence-corrected chi connectivity index (χ4v) is 4.46. The highest BCUT2D eigenvalue weighted by Gasteiger charge is 2.30. The van der Waals surface area contributed by atoms with E-state index in [1.54, 1.807) is 12.1 Å². The number of nitrogens with zero attached hydrogens (tertiary/aromatic N) is 1. The van der Waals surface area contributed by atoms with Crippen molar-refractivity contribution in [3.8, 4) is 0 Å². The first kappa shape index (κ1) is 17.4. The van der Waals surface area contributed by atoms with E-state index < -0.39 is 17.9 Å². The van der Waals surface area contributed by atoms with E-state index >= 15 is 0 Å². The minimum absolute atomic E-state index is 0.353. The van der Waals surface area contributed by atoms with Gasteiger partial charge >= 0.3 is 5.97 Å². The first-order valence-corrected chi connectivity index (χ1v) is 9.29. The summed E-state index contributed by atoms with van der Waals surface area (Å²) in [5.74, 6) is -1.47. The monoisotopic (exact) mass is 474 g/mol. The average Bonchev–Trinajstić information content (AvgIpc) is 2.71. The van der Waals surface area contributed by atoms with Crippen LogP contribution in [0.3, 0.4) is 0 Å². The number of fused-ring (bicyclic) bond motifs is 1. The number of hydrogen-bond donors (Lipinski definition) is 2. The standard InChI is InChI=1S/C16H12ClIN2O3S/c1-7-12-13(8-2-4-9(17)5-3-8)19-10(6-11(21)22)15(23)20-16(12)24-14(7)18/h2-5,10H,6H2,1H3,(H,20,23)(H,21,22). The summed E-state index contributed by atoms with van der Waals surface area (Å²) in [6.07, 6.45) is -0.353. The molecular formula is C16H12ClIN2O3S. The van der Waals surface area contributed by atoms with Gasteiger partial charge in [0.15, 0.2) is 0 Å². The summed E-state index contributed by atoms with van der Waals surface area (Å²) in [5, 5.41) is 13.2. The summed E-state index contributed by atoms with van der Waals surface area (Å²) >= 11 is 9.63. The van der Waals surface area contributed by atoms with Gasteiger partial charge in [0.25, 0.3) is 0 Å². The van der Waals surface area contributed by atoms with Crippen LogP contribution < -0.4 is 5.32 Å². The van der Waals surface area contributed by atoms with Crippen LogP contribution >= 0.6 is 45.5 Å². The molecule has 2 heterocycles. The molecule has 3 rings (SSSR count). The molecule has 0 fully saturated rings. The van der Waals surface area contributed by atoms with Gasteiger partial charge in [-0.3, -0.25) is 14.6 Å². The van der Waals surface area contributed by atoms with Crippen molar-refractivity contribution in [3.63, 3.8) is 0 Å². The Kier molecular flexibility index (Phi) is 4.93. The number of rotatable bonds is 3. The van der Waals surface area contributed by atoms with Crippen molar-refractivity contribution in [3.05, 3.63) is 48.9 Å². The molecule has 0 saturated heterocycles. The Bertz CT molecular complexity index is 861. The van der Waals surface area contributed by atoms with Crippen LogP contribution in [0.5, 0.6) is 0 Å². The molecule has 1 aromatic carbocycles. The number of halogens is 2. The van der Waals surface area contributed by atoms with Crippen molar-refractivity contribution in [1.82, 2.24) is 0 Å². The van der Waals surface area contributed by atoms with Gasteiger partial charge < -0.3 is 10.4 Å². The first-order chi connectivity index (χ1) is 11.4. The van der Waals surface area contributed by atoms with Crippen LogP contribution in [0.4, 0.5) is 5.00 Å². The number of aliphatic carboxylic acids is 1. The Morgan fingerprint density at radius 2 is 2.08 bits per heavy atom. The molecule has 1 unspecified atom stereocenters. The molecular weight excluding hydrogens is 463 g/mol. The number of carboxylic acid groups (broad SMARTS) is 1. The summed E-state index contributed by atoms with van der Waals surface area (Å²) in [4.78, 5) is 27.9. The SMILES string of the molecule is Cc1c(I)sc2c1C(c1ccc(Cl)cc1)=NC(CC(=O)O)C(=O)N2. The lowest BCUT2D eigenvalue weighted by Crippen LogP contribution is -2.27. The van der Waals surface area contributed by atoms with E-state index in [-0.39, 0.29) is 6.42 Å². The number of nitrogens with one attached hydrogen (secondary N) is 1. The van der Waals surface area contributed by atoms with Gasteiger partial charge in [-0.1, -0.05) is 23.7 Å². The molecule has 5 nitrogen and oxygen atoms in total. The first-order valence-electron chi connectivity index (χ1n) is 7.02. The van der Waals surface area contributed by atoms with Gasteiger partial charge in [0, 0.05) is 16.1 Å². The number of amides is 1. The molecule has 8 heteroatoms. The van der Waals surface area contributed by atoms with Crippen LogP contribution in [-0.4, -0.2) is 28.7 Å². The average molecular weight is 475 g/mol. The highest BCUT2D eigenvalue weighted by molar-refractivity contribution is 14.1. The smallest absolute Gasteiger partial charge is 0.306 e. The summed E-state index contributed by atoms with van der Waals surface area (Å²) in [5.41, 5.74) is 3.27. The zero-order valence-electron chi connectivity index (χ0n) is 12.5. The molecule has 0 saturated carbocycles.